The molecule has 0 fully saturated rings. The van der Waals surface area contributed by atoms with E-state index in [1.807, 2.05) is 31.2 Å². The van der Waals surface area contributed by atoms with Gasteiger partial charge in [-0.3, -0.25) is 9.97 Å². The minimum atomic E-state index is -0.290. The van der Waals surface area contributed by atoms with E-state index in [0.717, 1.165) is 16.8 Å². The lowest BCUT2D eigenvalue weighted by Gasteiger charge is -2.04. The zero-order chi connectivity index (χ0) is 15.8. The number of aromatic amines is 1. The quantitative estimate of drug-likeness (QED) is 0.605. The number of halogens is 1. The summed E-state index contributed by atoms with van der Waals surface area (Å²) in [7, 11) is 0. The SMILES string of the molecule is Cc1cccnc1-c1ccc(-c2nc3ccc(F)cc3[nH]2)nc1. The molecule has 5 heteroatoms. The van der Waals surface area contributed by atoms with Gasteiger partial charge in [-0.05, 0) is 48.9 Å². The smallest absolute Gasteiger partial charge is 0.157 e. The number of nitrogens with zero attached hydrogens (tertiary/aromatic N) is 3. The van der Waals surface area contributed by atoms with Gasteiger partial charge < -0.3 is 4.98 Å². The number of rotatable bonds is 2. The van der Waals surface area contributed by atoms with Crippen LogP contribution in [0.1, 0.15) is 5.56 Å². The molecule has 0 saturated carbocycles. The predicted octanol–water partition coefficient (Wildman–Crippen LogP) is 4.13. The van der Waals surface area contributed by atoms with Gasteiger partial charge in [0.05, 0.1) is 16.7 Å². The number of aryl methyl sites for hydroxylation is 1. The fraction of sp³-hybridized carbons (Fsp3) is 0.0556. The molecule has 3 aromatic heterocycles. The molecule has 112 valence electrons. The van der Waals surface area contributed by atoms with Crippen molar-refractivity contribution in [3.63, 3.8) is 0 Å². The molecule has 1 aromatic carbocycles. The van der Waals surface area contributed by atoms with Crippen molar-refractivity contribution in [2.45, 2.75) is 6.92 Å². The monoisotopic (exact) mass is 304 g/mol. The van der Waals surface area contributed by atoms with Crippen LogP contribution in [0.2, 0.25) is 0 Å². The number of benzene rings is 1. The van der Waals surface area contributed by atoms with Crippen LogP contribution in [0.15, 0.2) is 54.9 Å². The van der Waals surface area contributed by atoms with Crippen LogP contribution >= 0.6 is 0 Å². The Morgan fingerprint density at radius 2 is 1.96 bits per heavy atom. The molecule has 0 atom stereocenters. The number of hydrogen-bond acceptors (Lipinski definition) is 3. The Morgan fingerprint density at radius 1 is 1.04 bits per heavy atom. The second kappa shape index (κ2) is 5.28. The van der Waals surface area contributed by atoms with E-state index in [9.17, 15) is 4.39 Å². The maximum atomic E-state index is 13.3. The summed E-state index contributed by atoms with van der Waals surface area (Å²) in [5, 5.41) is 0. The molecule has 0 saturated heterocycles. The van der Waals surface area contributed by atoms with Crippen molar-refractivity contribution < 1.29 is 4.39 Å². The molecule has 0 aliphatic heterocycles. The van der Waals surface area contributed by atoms with Crippen LogP contribution < -0.4 is 0 Å². The van der Waals surface area contributed by atoms with Crippen LogP contribution in [-0.2, 0) is 0 Å². The van der Waals surface area contributed by atoms with Gasteiger partial charge in [-0.25, -0.2) is 9.37 Å². The van der Waals surface area contributed by atoms with E-state index in [0.29, 0.717) is 22.6 Å². The molecule has 1 N–H and O–H groups in total. The zero-order valence-electron chi connectivity index (χ0n) is 12.4. The fourth-order valence-corrected chi connectivity index (χ4v) is 2.57. The van der Waals surface area contributed by atoms with E-state index in [1.165, 1.54) is 12.1 Å². The van der Waals surface area contributed by atoms with Crippen LogP contribution in [0.3, 0.4) is 0 Å². The van der Waals surface area contributed by atoms with Gasteiger partial charge in [-0.1, -0.05) is 6.07 Å². The summed E-state index contributed by atoms with van der Waals surface area (Å²) in [4.78, 5) is 16.4. The first-order valence-electron chi connectivity index (χ1n) is 7.24. The van der Waals surface area contributed by atoms with Gasteiger partial charge in [-0.2, -0.15) is 0 Å². The second-order valence-corrected chi connectivity index (χ2v) is 5.35. The Bertz CT molecular complexity index is 990. The molecule has 0 radical (unpaired) electrons. The third-order valence-electron chi connectivity index (χ3n) is 3.73. The Labute approximate surface area is 132 Å². The molecule has 3 heterocycles. The minimum absolute atomic E-state index is 0.290. The molecule has 23 heavy (non-hydrogen) atoms. The van der Waals surface area contributed by atoms with Gasteiger partial charge >= 0.3 is 0 Å². The highest BCUT2D eigenvalue weighted by Gasteiger charge is 2.09. The molecule has 4 rings (SSSR count). The van der Waals surface area contributed by atoms with Crippen molar-refractivity contribution in [1.29, 1.82) is 0 Å². The van der Waals surface area contributed by atoms with E-state index in [1.54, 1.807) is 18.5 Å². The number of aromatic nitrogens is 4. The van der Waals surface area contributed by atoms with Crippen molar-refractivity contribution >= 4 is 11.0 Å². The predicted molar refractivity (Wildman–Crippen MR) is 87.3 cm³/mol. The summed E-state index contributed by atoms with van der Waals surface area (Å²) in [6, 6.07) is 12.3. The van der Waals surface area contributed by atoms with Crippen molar-refractivity contribution in [1.82, 2.24) is 19.9 Å². The lowest BCUT2D eigenvalue weighted by Crippen LogP contribution is -1.90. The molecule has 4 nitrogen and oxygen atoms in total. The zero-order valence-corrected chi connectivity index (χ0v) is 12.4. The van der Waals surface area contributed by atoms with Gasteiger partial charge in [0.15, 0.2) is 5.82 Å². The van der Waals surface area contributed by atoms with Crippen LogP contribution in [0.25, 0.3) is 33.8 Å². The second-order valence-electron chi connectivity index (χ2n) is 5.35. The van der Waals surface area contributed by atoms with E-state index < -0.39 is 0 Å². The minimum Gasteiger partial charge on any atom is -0.337 e. The highest BCUT2D eigenvalue weighted by Crippen LogP contribution is 2.23. The summed E-state index contributed by atoms with van der Waals surface area (Å²) < 4.78 is 13.3. The summed E-state index contributed by atoms with van der Waals surface area (Å²) in [6.45, 7) is 2.02. The maximum Gasteiger partial charge on any atom is 0.157 e. The van der Waals surface area contributed by atoms with E-state index in [-0.39, 0.29) is 5.82 Å². The standard InChI is InChI=1S/C18H13FN4/c1-11-3-2-8-20-17(11)12-4-6-15(21-10-12)18-22-14-7-5-13(19)9-16(14)23-18/h2-10H,1H3,(H,22,23). The third kappa shape index (κ3) is 2.46. The Kier molecular flexibility index (Phi) is 3.12. The van der Waals surface area contributed by atoms with Crippen LogP contribution in [-0.4, -0.2) is 19.9 Å². The Morgan fingerprint density at radius 3 is 2.74 bits per heavy atom. The Balaban J connectivity index is 1.73. The average molecular weight is 304 g/mol. The average Bonchev–Trinajstić information content (AvgIpc) is 2.98. The van der Waals surface area contributed by atoms with Crippen LogP contribution in [0, 0.1) is 12.7 Å². The van der Waals surface area contributed by atoms with Crippen molar-refractivity contribution in [3.05, 3.63) is 66.2 Å². The number of nitrogens with one attached hydrogen (secondary N) is 1. The molecule has 4 aromatic rings. The topological polar surface area (TPSA) is 54.5 Å². The van der Waals surface area contributed by atoms with Crippen molar-refractivity contribution in [3.8, 4) is 22.8 Å². The Hall–Kier alpha value is -3.08. The van der Waals surface area contributed by atoms with E-state index in [2.05, 4.69) is 19.9 Å². The van der Waals surface area contributed by atoms with Gasteiger partial charge in [0.25, 0.3) is 0 Å². The van der Waals surface area contributed by atoms with Gasteiger partial charge in [0.1, 0.15) is 11.5 Å². The van der Waals surface area contributed by atoms with E-state index in [4.69, 9.17) is 0 Å². The van der Waals surface area contributed by atoms with E-state index >= 15 is 0 Å². The van der Waals surface area contributed by atoms with Crippen LogP contribution in [0.4, 0.5) is 4.39 Å². The lowest BCUT2D eigenvalue weighted by atomic mass is 10.1. The first-order chi connectivity index (χ1) is 11.2. The fourth-order valence-electron chi connectivity index (χ4n) is 2.57. The number of pyridine rings is 2. The number of H-pyrrole nitrogens is 1. The third-order valence-corrected chi connectivity index (χ3v) is 3.73. The largest absolute Gasteiger partial charge is 0.337 e. The molecule has 0 aliphatic rings. The van der Waals surface area contributed by atoms with Crippen molar-refractivity contribution in [2.75, 3.05) is 0 Å². The van der Waals surface area contributed by atoms with Gasteiger partial charge in [0, 0.05) is 18.0 Å². The first-order valence-corrected chi connectivity index (χ1v) is 7.24. The first kappa shape index (κ1) is 13.6. The molecular formula is C18H13FN4. The lowest BCUT2D eigenvalue weighted by molar-refractivity contribution is 0.629. The summed E-state index contributed by atoms with van der Waals surface area (Å²) in [5.41, 5.74) is 5.05. The van der Waals surface area contributed by atoms with Gasteiger partial charge in [-0.15, -0.1) is 0 Å². The number of fused-ring (bicyclic) bond motifs is 1. The molecule has 0 bridgehead atoms. The molecule has 0 unspecified atom stereocenters. The van der Waals surface area contributed by atoms with Crippen molar-refractivity contribution in [2.24, 2.45) is 0 Å². The number of imidazole rings is 1. The maximum absolute atomic E-state index is 13.3. The molecule has 0 amide bonds. The summed E-state index contributed by atoms with van der Waals surface area (Å²) in [5.74, 6) is 0.330. The molecule has 0 aliphatic carbocycles. The normalized spacial score (nSPS) is 11.0. The summed E-state index contributed by atoms with van der Waals surface area (Å²) >= 11 is 0. The number of hydrogen-bond donors (Lipinski definition) is 1. The molecular weight excluding hydrogens is 291 g/mol. The van der Waals surface area contributed by atoms with Crippen LogP contribution in [0.5, 0.6) is 0 Å². The van der Waals surface area contributed by atoms with Gasteiger partial charge in [0.2, 0.25) is 0 Å². The highest BCUT2D eigenvalue weighted by molar-refractivity contribution is 5.79. The molecule has 0 spiro atoms. The summed E-state index contributed by atoms with van der Waals surface area (Å²) in [6.07, 6.45) is 3.54. The highest BCUT2D eigenvalue weighted by atomic mass is 19.1.